The van der Waals surface area contributed by atoms with E-state index >= 15 is 0 Å². The fourth-order valence-corrected chi connectivity index (χ4v) is 1.91. The highest BCUT2D eigenvalue weighted by atomic mass is 79.9. The molecule has 0 aliphatic heterocycles. The van der Waals surface area contributed by atoms with Crippen molar-refractivity contribution in [1.29, 1.82) is 0 Å². The topological polar surface area (TPSA) is 9.23 Å². The third kappa shape index (κ3) is 4.59. The quantitative estimate of drug-likeness (QED) is 0.494. The second kappa shape index (κ2) is 6.86. The van der Waals surface area contributed by atoms with E-state index in [-0.39, 0.29) is 6.10 Å². The number of ether oxygens (including phenoxy) is 1. The number of methoxy groups -OCH3 is 1. The molecule has 11 heavy (non-hydrogen) atoms. The van der Waals surface area contributed by atoms with Gasteiger partial charge in [0, 0.05) is 11.9 Å². The normalized spacial score (nSPS) is 15.9. The van der Waals surface area contributed by atoms with Crippen LogP contribution >= 0.6 is 15.9 Å². The first-order valence-corrected chi connectivity index (χ1v) is 4.95. The second-order valence-electron chi connectivity index (χ2n) is 2.60. The summed E-state index contributed by atoms with van der Waals surface area (Å²) in [5.41, 5.74) is 0. The van der Waals surface area contributed by atoms with Crippen molar-refractivity contribution in [2.45, 2.75) is 37.1 Å². The molecule has 0 saturated heterocycles. The first-order valence-electron chi connectivity index (χ1n) is 4.04. The van der Waals surface area contributed by atoms with Gasteiger partial charge in [0.2, 0.25) is 0 Å². The number of hydrogen-bond acceptors (Lipinski definition) is 1. The molecule has 0 amide bonds. The van der Waals surface area contributed by atoms with Crippen molar-refractivity contribution in [3.05, 3.63) is 12.7 Å². The van der Waals surface area contributed by atoms with Crippen LogP contribution in [0.25, 0.3) is 0 Å². The van der Waals surface area contributed by atoms with Crippen LogP contribution < -0.4 is 0 Å². The predicted molar refractivity (Wildman–Crippen MR) is 53.2 cm³/mol. The highest BCUT2D eigenvalue weighted by Gasteiger charge is 2.15. The molecule has 0 rings (SSSR count). The van der Waals surface area contributed by atoms with Crippen molar-refractivity contribution in [3.8, 4) is 0 Å². The Labute approximate surface area is 78.0 Å². The summed E-state index contributed by atoms with van der Waals surface area (Å²) in [6.07, 6.45) is 5.46. The lowest BCUT2D eigenvalue weighted by Crippen LogP contribution is -2.21. The fraction of sp³-hybridized carbons (Fsp3) is 0.778. The Balaban J connectivity index is 3.70. The van der Waals surface area contributed by atoms with Crippen LogP contribution in [0, 0.1) is 0 Å². The van der Waals surface area contributed by atoms with Gasteiger partial charge in [0.15, 0.2) is 0 Å². The molecular weight excluding hydrogens is 204 g/mol. The van der Waals surface area contributed by atoms with Crippen LogP contribution in [0.1, 0.15) is 26.2 Å². The van der Waals surface area contributed by atoms with Gasteiger partial charge >= 0.3 is 0 Å². The lowest BCUT2D eigenvalue weighted by Gasteiger charge is -2.18. The van der Waals surface area contributed by atoms with Crippen molar-refractivity contribution < 1.29 is 4.74 Å². The molecule has 0 aromatic carbocycles. The molecule has 2 atom stereocenters. The molecule has 0 aliphatic carbocycles. The van der Waals surface area contributed by atoms with Gasteiger partial charge in [-0.3, -0.25) is 0 Å². The minimum Gasteiger partial charge on any atom is -0.380 e. The molecule has 0 heterocycles. The highest BCUT2D eigenvalue weighted by molar-refractivity contribution is 9.09. The summed E-state index contributed by atoms with van der Waals surface area (Å²) >= 11 is 3.59. The van der Waals surface area contributed by atoms with E-state index in [1.807, 2.05) is 6.08 Å². The monoisotopic (exact) mass is 220 g/mol. The lowest BCUT2D eigenvalue weighted by molar-refractivity contribution is 0.102. The summed E-state index contributed by atoms with van der Waals surface area (Å²) in [7, 11) is 1.75. The van der Waals surface area contributed by atoms with Crippen LogP contribution in [-0.4, -0.2) is 18.0 Å². The molecule has 0 spiro atoms. The third-order valence-electron chi connectivity index (χ3n) is 1.67. The van der Waals surface area contributed by atoms with Gasteiger partial charge in [0.25, 0.3) is 0 Å². The molecular formula is C9H17BrO. The van der Waals surface area contributed by atoms with Gasteiger partial charge < -0.3 is 4.74 Å². The first-order chi connectivity index (χ1) is 5.26. The van der Waals surface area contributed by atoms with Crippen LogP contribution in [0.2, 0.25) is 0 Å². The maximum atomic E-state index is 5.29. The maximum absolute atomic E-state index is 5.29. The molecule has 0 saturated carbocycles. The Morgan fingerprint density at radius 1 is 1.64 bits per heavy atom. The van der Waals surface area contributed by atoms with E-state index in [9.17, 15) is 0 Å². The highest BCUT2D eigenvalue weighted by Crippen LogP contribution is 2.17. The second-order valence-corrected chi connectivity index (χ2v) is 3.78. The number of alkyl halides is 1. The zero-order valence-electron chi connectivity index (χ0n) is 7.35. The van der Waals surface area contributed by atoms with Crippen molar-refractivity contribution in [2.75, 3.05) is 7.11 Å². The molecule has 0 radical (unpaired) electrons. The van der Waals surface area contributed by atoms with Gasteiger partial charge in [-0.2, -0.15) is 0 Å². The zero-order valence-corrected chi connectivity index (χ0v) is 8.93. The minimum absolute atomic E-state index is 0.285. The van der Waals surface area contributed by atoms with Gasteiger partial charge in [-0.15, -0.1) is 6.58 Å². The maximum Gasteiger partial charge on any atom is 0.0730 e. The summed E-state index contributed by atoms with van der Waals surface area (Å²) in [6.45, 7) is 5.87. The summed E-state index contributed by atoms with van der Waals surface area (Å²) < 4.78 is 5.29. The molecule has 0 fully saturated rings. The molecule has 0 bridgehead atoms. The molecule has 0 aromatic heterocycles. The third-order valence-corrected chi connectivity index (χ3v) is 2.72. The van der Waals surface area contributed by atoms with E-state index in [0.29, 0.717) is 4.83 Å². The molecule has 1 nitrogen and oxygen atoms in total. The Morgan fingerprint density at radius 3 is 2.64 bits per heavy atom. The van der Waals surface area contributed by atoms with E-state index in [1.54, 1.807) is 7.11 Å². The van der Waals surface area contributed by atoms with E-state index in [1.165, 1.54) is 6.42 Å². The van der Waals surface area contributed by atoms with Crippen molar-refractivity contribution >= 4 is 15.9 Å². The molecule has 2 unspecified atom stereocenters. The van der Waals surface area contributed by atoms with Gasteiger partial charge in [-0.05, 0) is 12.8 Å². The Bertz CT molecular complexity index is 104. The molecule has 0 aliphatic rings. The first kappa shape index (κ1) is 11.2. The Kier molecular flexibility index (Phi) is 6.98. The average Bonchev–Trinajstić information content (AvgIpc) is 2.00. The van der Waals surface area contributed by atoms with Gasteiger partial charge in [0.1, 0.15) is 0 Å². The van der Waals surface area contributed by atoms with Crippen LogP contribution in [0.4, 0.5) is 0 Å². The molecule has 0 aromatic rings. The summed E-state index contributed by atoms with van der Waals surface area (Å²) in [6, 6.07) is 0. The Hall–Kier alpha value is 0.180. The van der Waals surface area contributed by atoms with Gasteiger partial charge in [-0.25, -0.2) is 0 Å². The van der Waals surface area contributed by atoms with Crippen molar-refractivity contribution in [1.82, 2.24) is 0 Å². The van der Waals surface area contributed by atoms with Crippen molar-refractivity contribution in [3.63, 3.8) is 0 Å². The summed E-state index contributed by atoms with van der Waals surface area (Å²) in [4.78, 5) is 0.468. The molecule has 2 heteroatoms. The Morgan fingerprint density at radius 2 is 2.27 bits per heavy atom. The fourth-order valence-electron chi connectivity index (χ4n) is 1.02. The predicted octanol–water partition coefficient (Wildman–Crippen LogP) is 3.14. The largest absolute Gasteiger partial charge is 0.380 e. The molecule has 0 N–H and O–H groups in total. The van der Waals surface area contributed by atoms with Crippen LogP contribution in [0.3, 0.4) is 0 Å². The molecule has 66 valence electrons. The van der Waals surface area contributed by atoms with Crippen molar-refractivity contribution in [2.24, 2.45) is 0 Å². The van der Waals surface area contributed by atoms with Crippen LogP contribution in [-0.2, 0) is 4.74 Å². The zero-order chi connectivity index (χ0) is 8.69. The SMILES string of the molecule is C=CCC(OC)C(Br)CCC. The van der Waals surface area contributed by atoms with E-state index in [2.05, 4.69) is 29.4 Å². The summed E-state index contributed by atoms with van der Waals surface area (Å²) in [5.74, 6) is 0. The number of halogens is 1. The van der Waals surface area contributed by atoms with E-state index in [4.69, 9.17) is 4.74 Å². The van der Waals surface area contributed by atoms with E-state index < -0.39 is 0 Å². The average molecular weight is 221 g/mol. The van der Waals surface area contributed by atoms with Crippen LogP contribution in [0.5, 0.6) is 0 Å². The van der Waals surface area contributed by atoms with Gasteiger partial charge in [0.05, 0.1) is 6.10 Å². The van der Waals surface area contributed by atoms with Crippen LogP contribution in [0.15, 0.2) is 12.7 Å². The number of rotatable bonds is 6. The minimum atomic E-state index is 0.285. The smallest absolute Gasteiger partial charge is 0.0730 e. The lowest BCUT2D eigenvalue weighted by atomic mass is 10.1. The van der Waals surface area contributed by atoms with Gasteiger partial charge in [-0.1, -0.05) is 35.4 Å². The number of hydrogen-bond donors (Lipinski definition) is 0. The van der Waals surface area contributed by atoms with E-state index in [0.717, 1.165) is 12.8 Å². The summed E-state index contributed by atoms with van der Waals surface area (Å²) in [5, 5.41) is 0. The standard InChI is InChI=1S/C9H17BrO/c1-4-6-8(10)9(11-3)7-5-2/h5,8-9H,2,4,6-7H2,1,3H3.